The highest BCUT2D eigenvalue weighted by Crippen LogP contribution is 2.19. The maximum atomic E-state index is 4.74. The van der Waals surface area contributed by atoms with Crippen molar-refractivity contribution in [3.63, 3.8) is 0 Å². The fourth-order valence-electron chi connectivity index (χ4n) is 2.35. The molecule has 0 aliphatic heterocycles. The summed E-state index contributed by atoms with van der Waals surface area (Å²) in [6, 6.07) is 2.06. The molecule has 0 aromatic carbocycles. The van der Waals surface area contributed by atoms with Gasteiger partial charge in [-0.05, 0) is 19.3 Å². The second kappa shape index (κ2) is 8.77. The van der Waals surface area contributed by atoms with Crippen molar-refractivity contribution in [3.8, 4) is 0 Å². The molecule has 1 aromatic heterocycles. The zero-order chi connectivity index (χ0) is 15.0. The lowest BCUT2D eigenvalue weighted by atomic mass is 10.0. The van der Waals surface area contributed by atoms with E-state index in [9.17, 15) is 0 Å². The third kappa shape index (κ3) is 4.66. The van der Waals surface area contributed by atoms with E-state index in [1.54, 1.807) is 0 Å². The Labute approximate surface area is 124 Å². The Bertz CT molecular complexity index is 388. The summed E-state index contributed by atoms with van der Waals surface area (Å²) in [7, 11) is 1.92. The molecule has 0 aliphatic carbocycles. The third-order valence-electron chi connectivity index (χ3n) is 3.83. The van der Waals surface area contributed by atoms with Gasteiger partial charge in [0.2, 0.25) is 0 Å². The molecule has 0 unspecified atom stereocenters. The highest BCUT2D eigenvalue weighted by molar-refractivity contribution is 5.49. The van der Waals surface area contributed by atoms with Crippen LogP contribution < -0.4 is 10.2 Å². The van der Waals surface area contributed by atoms with Crippen molar-refractivity contribution in [1.82, 2.24) is 9.97 Å². The lowest BCUT2D eigenvalue weighted by molar-refractivity contribution is 0.484. The molecule has 114 valence electrons. The van der Waals surface area contributed by atoms with E-state index in [2.05, 4.69) is 49.0 Å². The minimum Gasteiger partial charge on any atom is -0.373 e. The number of hydrogen-bond acceptors (Lipinski definition) is 4. The second-order valence-corrected chi connectivity index (χ2v) is 5.25. The molecule has 0 spiro atoms. The van der Waals surface area contributed by atoms with E-state index in [-0.39, 0.29) is 0 Å². The van der Waals surface area contributed by atoms with Crippen molar-refractivity contribution in [2.75, 3.05) is 30.4 Å². The first-order chi connectivity index (χ1) is 9.68. The molecule has 0 saturated carbocycles. The van der Waals surface area contributed by atoms with Crippen LogP contribution in [0, 0.1) is 5.92 Å². The van der Waals surface area contributed by atoms with Crippen LogP contribution in [0.2, 0.25) is 0 Å². The highest BCUT2D eigenvalue weighted by atomic mass is 15.2. The number of rotatable bonds is 9. The Morgan fingerprint density at radius 1 is 1.15 bits per heavy atom. The van der Waals surface area contributed by atoms with Crippen molar-refractivity contribution in [3.05, 3.63) is 11.9 Å². The molecule has 1 aromatic rings. The smallest absolute Gasteiger partial charge is 0.134 e. The van der Waals surface area contributed by atoms with Gasteiger partial charge in [0.25, 0.3) is 0 Å². The maximum absolute atomic E-state index is 4.74. The number of nitrogens with zero attached hydrogens (tertiary/aromatic N) is 3. The Kier molecular flexibility index (Phi) is 7.34. The molecule has 4 heteroatoms. The molecule has 1 rings (SSSR count). The van der Waals surface area contributed by atoms with Gasteiger partial charge in [-0.15, -0.1) is 0 Å². The van der Waals surface area contributed by atoms with Gasteiger partial charge in [-0.25, -0.2) is 9.97 Å². The third-order valence-corrected chi connectivity index (χ3v) is 3.83. The Morgan fingerprint density at radius 2 is 1.85 bits per heavy atom. The number of aromatic nitrogens is 2. The first-order valence-corrected chi connectivity index (χ1v) is 7.98. The molecule has 1 N–H and O–H groups in total. The number of anilines is 2. The van der Waals surface area contributed by atoms with Crippen molar-refractivity contribution in [2.24, 2.45) is 5.92 Å². The molecule has 0 aliphatic rings. The van der Waals surface area contributed by atoms with E-state index in [1.807, 2.05) is 7.05 Å². The average Bonchev–Trinajstić information content (AvgIpc) is 2.48. The normalized spacial score (nSPS) is 10.9. The number of nitrogens with one attached hydrogen (secondary N) is 1. The maximum Gasteiger partial charge on any atom is 0.134 e. The SMILES string of the molecule is CCCc1nc(NC)cc(N(CC)CC(CC)CC)n1. The number of aryl methyl sites for hydroxylation is 1. The van der Waals surface area contributed by atoms with E-state index in [1.165, 1.54) is 12.8 Å². The van der Waals surface area contributed by atoms with Gasteiger partial charge < -0.3 is 10.2 Å². The zero-order valence-electron chi connectivity index (χ0n) is 13.7. The van der Waals surface area contributed by atoms with Crippen LogP contribution in [0.1, 0.15) is 52.8 Å². The topological polar surface area (TPSA) is 41.1 Å². The summed E-state index contributed by atoms with van der Waals surface area (Å²) in [4.78, 5) is 11.6. The first kappa shape index (κ1) is 16.7. The molecule has 20 heavy (non-hydrogen) atoms. The minimum absolute atomic E-state index is 0.734. The van der Waals surface area contributed by atoms with Gasteiger partial charge >= 0.3 is 0 Å². The van der Waals surface area contributed by atoms with Gasteiger partial charge in [-0.2, -0.15) is 0 Å². The van der Waals surface area contributed by atoms with Crippen LogP contribution in [0.3, 0.4) is 0 Å². The second-order valence-electron chi connectivity index (χ2n) is 5.25. The lowest BCUT2D eigenvalue weighted by Crippen LogP contribution is -2.30. The van der Waals surface area contributed by atoms with Crippen LogP contribution in [0.15, 0.2) is 6.07 Å². The fourth-order valence-corrected chi connectivity index (χ4v) is 2.35. The van der Waals surface area contributed by atoms with Crippen LogP contribution >= 0.6 is 0 Å². The summed E-state index contributed by atoms with van der Waals surface area (Å²) in [5.74, 6) is 3.65. The molecular formula is C16H30N4. The lowest BCUT2D eigenvalue weighted by Gasteiger charge is -2.27. The summed E-state index contributed by atoms with van der Waals surface area (Å²) in [5, 5.41) is 3.15. The fraction of sp³-hybridized carbons (Fsp3) is 0.750. The van der Waals surface area contributed by atoms with Crippen molar-refractivity contribution in [2.45, 2.75) is 53.4 Å². The molecule has 0 bridgehead atoms. The zero-order valence-corrected chi connectivity index (χ0v) is 13.7. The summed E-state index contributed by atoms with van der Waals surface area (Å²) >= 11 is 0. The molecule has 0 radical (unpaired) electrons. The van der Waals surface area contributed by atoms with E-state index in [0.29, 0.717) is 0 Å². The largest absolute Gasteiger partial charge is 0.373 e. The van der Waals surface area contributed by atoms with Crippen LogP contribution in [-0.2, 0) is 6.42 Å². The van der Waals surface area contributed by atoms with Gasteiger partial charge in [-0.3, -0.25) is 0 Å². The van der Waals surface area contributed by atoms with Gasteiger partial charge in [0.15, 0.2) is 0 Å². The van der Waals surface area contributed by atoms with Gasteiger partial charge in [0, 0.05) is 32.6 Å². The molecule has 0 atom stereocenters. The predicted octanol–water partition coefficient (Wildman–Crippen LogP) is 3.73. The van der Waals surface area contributed by atoms with Crippen molar-refractivity contribution < 1.29 is 0 Å². The summed E-state index contributed by atoms with van der Waals surface area (Å²) in [5.41, 5.74) is 0. The Balaban J connectivity index is 2.97. The van der Waals surface area contributed by atoms with Crippen molar-refractivity contribution >= 4 is 11.6 Å². The van der Waals surface area contributed by atoms with E-state index in [4.69, 9.17) is 4.98 Å². The quantitative estimate of drug-likeness (QED) is 0.747. The summed E-state index contributed by atoms with van der Waals surface area (Å²) < 4.78 is 0. The van der Waals surface area contributed by atoms with E-state index in [0.717, 1.165) is 49.3 Å². The minimum atomic E-state index is 0.734. The van der Waals surface area contributed by atoms with E-state index >= 15 is 0 Å². The Hall–Kier alpha value is -1.32. The van der Waals surface area contributed by atoms with Gasteiger partial charge in [0.05, 0.1) is 0 Å². The molecule has 0 amide bonds. The van der Waals surface area contributed by atoms with Gasteiger partial charge in [0.1, 0.15) is 17.5 Å². The molecular weight excluding hydrogens is 248 g/mol. The molecule has 4 nitrogen and oxygen atoms in total. The van der Waals surface area contributed by atoms with E-state index < -0.39 is 0 Å². The monoisotopic (exact) mass is 278 g/mol. The summed E-state index contributed by atoms with van der Waals surface area (Å²) in [6.45, 7) is 11.0. The first-order valence-electron chi connectivity index (χ1n) is 7.98. The van der Waals surface area contributed by atoms with Gasteiger partial charge in [-0.1, -0.05) is 33.6 Å². The highest BCUT2D eigenvalue weighted by Gasteiger charge is 2.14. The van der Waals surface area contributed by atoms with Crippen molar-refractivity contribution in [1.29, 1.82) is 0 Å². The molecule has 0 fully saturated rings. The molecule has 1 heterocycles. The summed E-state index contributed by atoms with van der Waals surface area (Å²) in [6.07, 6.45) is 4.45. The van der Waals surface area contributed by atoms with Crippen LogP contribution in [0.25, 0.3) is 0 Å². The predicted molar refractivity (Wildman–Crippen MR) is 87.5 cm³/mol. The van der Waals surface area contributed by atoms with Crippen LogP contribution in [0.4, 0.5) is 11.6 Å². The van der Waals surface area contributed by atoms with Crippen LogP contribution in [-0.4, -0.2) is 30.1 Å². The average molecular weight is 278 g/mol. The number of hydrogen-bond donors (Lipinski definition) is 1. The standard InChI is InChI=1S/C16H30N4/c1-6-10-14-18-15(17-5)11-16(19-14)20(9-4)12-13(7-2)8-3/h11,13H,6-10,12H2,1-5H3,(H,17,18,19). The molecule has 0 saturated heterocycles. The Morgan fingerprint density at radius 3 is 2.35 bits per heavy atom. The van der Waals surface area contributed by atoms with Crippen LogP contribution in [0.5, 0.6) is 0 Å².